The Labute approximate surface area is 129 Å². The highest BCUT2D eigenvalue weighted by Gasteiger charge is 2.15. The SMILES string of the molecule is NC(=S)c1ccc(Nc2ccc(Cl)cc2Cl)c(F)c1F. The Morgan fingerprint density at radius 3 is 2.30 bits per heavy atom. The summed E-state index contributed by atoms with van der Waals surface area (Å²) in [5, 5.41) is 3.41. The van der Waals surface area contributed by atoms with E-state index in [4.69, 9.17) is 28.9 Å². The molecule has 20 heavy (non-hydrogen) atoms. The number of nitrogens with one attached hydrogen (secondary N) is 1. The van der Waals surface area contributed by atoms with Crippen LogP contribution < -0.4 is 11.1 Å². The predicted molar refractivity (Wildman–Crippen MR) is 82.0 cm³/mol. The fraction of sp³-hybridized carbons (Fsp3) is 0. The van der Waals surface area contributed by atoms with Gasteiger partial charge in [-0.25, -0.2) is 8.78 Å². The Kier molecular flexibility index (Phi) is 4.42. The first kappa shape index (κ1) is 15.0. The van der Waals surface area contributed by atoms with Crippen LogP contribution in [-0.2, 0) is 0 Å². The predicted octanol–water partition coefficient (Wildman–Crippen LogP) is 4.65. The fourth-order valence-corrected chi connectivity index (χ4v) is 2.19. The Morgan fingerprint density at radius 2 is 1.70 bits per heavy atom. The zero-order valence-electron chi connectivity index (χ0n) is 9.88. The molecular formula is C13H8Cl2F2N2S. The van der Waals surface area contributed by atoms with Gasteiger partial charge in [0.05, 0.1) is 16.4 Å². The first-order chi connectivity index (χ1) is 9.40. The van der Waals surface area contributed by atoms with E-state index in [2.05, 4.69) is 17.5 Å². The zero-order chi connectivity index (χ0) is 14.9. The number of benzene rings is 2. The van der Waals surface area contributed by atoms with E-state index in [9.17, 15) is 8.78 Å². The van der Waals surface area contributed by atoms with Crippen molar-refractivity contribution in [2.24, 2.45) is 5.73 Å². The Bertz CT molecular complexity index is 692. The number of thiocarbonyl (C=S) groups is 1. The molecule has 2 aromatic carbocycles. The van der Waals surface area contributed by atoms with Gasteiger partial charge in [0.2, 0.25) is 0 Å². The molecule has 2 nitrogen and oxygen atoms in total. The first-order valence-corrected chi connectivity index (χ1v) is 6.56. The van der Waals surface area contributed by atoms with Gasteiger partial charge < -0.3 is 11.1 Å². The number of anilines is 2. The molecule has 0 saturated heterocycles. The van der Waals surface area contributed by atoms with Crippen LogP contribution in [0.2, 0.25) is 10.0 Å². The van der Waals surface area contributed by atoms with E-state index in [0.29, 0.717) is 10.7 Å². The molecule has 0 fully saturated rings. The molecule has 0 spiro atoms. The summed E-state index contributed by atoms with van der Waals surface area (Å²) < 4.78 is 27.6. The van der Waals surface area contributed by atoms with E-state index < -0.39 is 11.6 Å². The molecule has 104 valence electrons. The minimum Gasteiger partial charge on any atom is -0.389 e. The van der Waals surface area contributed by atoms with E-state index >= 15 is 0 Å². The third-order valence-corrected chi connectivity index (χ3v) is 3.32. The van der Waals surface area contributed by atoms with E-state index in [1.807, 2.05) is 0 Å². The van der Waals surface area contributed by atoms with E-state index in [0.717, 1.165) is 0 Å². The van der Waals surface area contributed by atoms with E-state index in [-0.39, 0.29) is 21.3 Å². The van der Waals surface area contributed by atoms with Crippen LogP contribution in [0.1, 0.15) is 5.56 Å². The third kappa shape index (κ3) is 3.00. The van der Waals surface area contributed by atoms with Crippen LogP contribution in [0.3, 0.4) is 0 Å². The number of hydrogen-bond acceptors (Lipinski definition) is 2. The Morgan fingerprint density at radius 1 is 1.05 bits per heavy atom. The smallest absolute Gasteiger partial charge is 0.182 e. The lowest BCUT2D eigenvalue weighted by Gasteiger charge is -2.11. The van der Waals surface area contributed by atoms with Crippen molar-refractivity contribution in [3.8, 4) is 0 Å². The standard InChI is InChI=1S/C13H8Cl2F2N2S/c14-6-1-3-9(8(15)5-6)19-10-4-2-7(13(18)20)11(16)12(10)17/h1-5,19H,(H2,18,20). The summed E-state index contributed by atoms with van der Waals surface area (Å²) in [5.74, 6) is -2.19. The molecule has 3 N–H and O–H groups in total. The molecule has 7 heteroatoms. The summed E-state index contributed by atoms with van der Waals surface area (Å²) in [6.45, 7) is 0. The summed E-state index contributed by atoms with van der Waals surface area (Å²) >= 11 is 16.3. The molecule has 0 aliphatic rings. The van der Waals surface area contributed by atoms with Crippen molar-refractivity contribution in [3.05, 3.63) is 57.6 Å². The Balaban J connectivity index is 2.39. The maximum absolute atomic E-state index is 13.9. The third-order valence-electron chi connectivity index (χ3n) is 2.55. The first-order valence-electron chi connectivity index (χ1n) is 5.40. The number of rotatable bonds is 3. The minimum absolute atomic E-state index is 0.0771. The normalized spacial score (nSPS) is 10.4. The molecule has 0 aromatic heterocycles. The van der Waals surface area contributed by atoms with Crippen molar-refractivity contribution in [1.29, 1.82) is 0 Å². The molecule has 0 amide bonds. The van der Waals surface area contributed by atoms with Gasteiger partial charge >= 0.3 is 0 Å². The molecular weight excluding hydrogens is 325 g/mol. The second-order valence-electron chi connectivity index (χ2n) is 3.90. The fourth-order valence-electron chi connectivity index (χ4n) is 1.57. The van der Waals surface area contributed by atoms with Crippen LogP contribution in [-0.4, -0.2) is 4.99 Å². The van der Waals surface area contributed by atoms with Crippen LogP contribution in [0.5, 0.6) is 0 Å². The molecule has 0 unspecified atom stereocenters. The van der Waals surface area contributed by atoms with Gasteiger partial charge in [-0.3, -0.25) is 0 Å². The monoisotopic (exact) mass is 332 g/mol. The molecule has 2 rings (SSSR count). The van der Waals surface area contributed by atoms with Crippen molar-refractivity contribution in [1.82, 2.24) is 0 Å². The maximum Gasteiger partial charge on any atom is 0.182 e. The van der Waals surface area contributed by atoms with Gasteiger partial charge in [0.1, 0.15) is 4.99 Å². The average Bonchev–Trinajstić information content (AvgIpc) is 2.37. The second kappa shape index (κ2) is 5.91. The van der Waals surface area contributed by atoms with Crippen LogP contribution in [0, 0.1) is 11.6 Å². The quantitative estimate of drug-likeness (QED) is 0.803. The largest absolute Gasteiger partial charge is 0.389 e. The highest BCUT2D eigenvalue weighted by Crippen LogP contribution is 2.30. The molecule has 0 radical (unpaired) electrons. The molecule has 0 saturated carbocycles. The molecule has 0 atom stereocenters. The summed E-state index contributed by atoms with van der Waals surface area (Å²) in [6, 6.07) is 7.25. The average molecular weight is 333 g/mol. The second-order valence-corrected chi connectivity index (χ2v) is 5.19. The molecule has 0 aliphatic heterocycles. The summed E-state index contributed by atoms with van der Waals surface area (Å²) in [6.07, 6.45) is 0. The number of hydrogen-bond donors (Lipinski definition) is 2. The minimum atomic E-state index is -1.10. The lowest BCUT2D eigenvalue weighted by Crippen LogP contribution is -2.13. The van der Waals surface area contributed by atoms with Gasteiger partial charge in [-0.1, -0.05) is 35.4 Å². The number of halogens is 4. The topological polar surface area (TPSA) is 38.0 Å². The number of nitrogens with two attached hydrogens (primary N) is 1. The van der Waals surface area contributed by atoms with Crippen LogP contribution in [0.15, 0.2) is 30.3 Å². The van der Waals surface area contributed by atoms with Crippen molar-refractivity contribution < 1.29 is 8.78 Å². The van der Waals surface area contributed by atoms with Gasteiger partial charge in [0, 0.05) is 10.6 Å². The van der Waals surface area contributed by atoms with Gasteiger partial charge in [0.15, 0.2) is 11.6 Å². The van der Waals surface area contributed by atoms with E-state index in [1.165, 1.54) is 18.2 Å². The van der Waals surface area contributed by atoms with Crippen molar-refractivity contribution in [2.45, 2.75) is 0 Å². The van der Waals surface area contributed by atoms with Gasteiger partial charge in [-0.2, -0.15) is 0 Å². The van der Waals surface area contributed by atoms with Gasteiger partial charge in [-0.05, 0) is 30.3 Å². The van der Waals surface area contributed by atoms with Gasteiger partial charge in [0.25, 0.3) is 0 Å². The van der Waals surface area contributed by atoms with E-state index in [1.54, 1.807) is 12.1 Å². The Hall–Kier alpha value is -1.43. The van der Waals surface area contributed by atoms with Crippen LogP contribution in [0.4, 0.5) is 20.2 Å². The highest BCUT2D eigenvalue weighted by atomic mass is 35.5. The lowest BCUT2D eigenvalue weighted by atomic mass is 10.1. The summed E-state index contributed by atoms with van der Waals surface area (Å²) in [7, 11) is 0. The maximum atomic E-state index is 13.9. The summed E-state index contributed by atoms with van der Waals surface area (Å²) in [5.41, 5.74) is 5.47. The van der Waals surface area contributed by atoms with Crippen LogP contribution in [0.25, 0.3) is 0 Å². The molecule has 2 aromatic rings. The van der Waals surface area contributed by atoms with Crippen molar-refractivity contribution >= 4 is 51.8 Å². The van der Waals surface area contributed by atoms with Crippen molar-refractivity contribution in [3.63, 3.8) is 0 Å². The van der Waals surface area contributed by atoms with Crippen molar-refractivity contribution in [2.75, 3.05) is 5.32 Å². The summed E-state index contributed by atoms with van der Waals surface area (Å²) in [4.78, 5) is -0.211. The molecule has 0 aliphatic carbocycles. The lowest BCUT2D eigenvalue weighted by molar-refractivity contribution is 0.510. The molecule has 0 heterocycles. The van der Waals surface area contributed by atoms with Crippen LogP contribution >= 0.6 is 35.4 Å². The highest BCUT2D eigenvalue weighted by molar-refractivity contribution is 7.80. The van der Waals surface area contributed by atoms with Gasteiger partial charge in [-0.15, -0.1) is 0 Å². The molecule has 0 bridgehead atoms. The zero-order valence-corrected chi connectivity index (χ0v) is 12.2.